The zero-order valence-electron chi connectivity index (χ0n) is 16.6. The lowest BCUT2D eigenvalue weighted by molar-refractivity contribution is -0.137. The van der Waals surface area contributed by atoms with Crippen LogP contribution in [0.15, 0.2) is 24.3 Å². The van der Waals surface area contributed by atoms with Gasteiger partial charge < -0.3 is 14.5 Å². The van der Waals surface area contributed by atoms with Crippen LogP contribution in [0, 0.1) is 5.92 Å². The van der Waals surface area contributed by atoms with E-state index in [9.17, 15) is 13.2 Å². The Balaban J connectivity index is 1.37. The number of aryl methyl sites for hydroxylation is 1. The van der Waals surface area contributed by atoms with Crippen LogP contribution in [0.4, 0.5) is 0 Å². The first-order valence-corrected chi connectivity index (χ1v) is 11.9. The summed E-state index contributed by atoms with van der Waals surface area (Å²) in [5.74, 6) is 1.27. The van der Waals surface area contributed by atoms with Crippen LogP contribution in [0.1, 0.15) is 31.2 Å². The number of methoxy groups -OCH3 is 1. The third-order valence-corrected chi connectivity index (χ3v) is 9.45. The second-order valence-corrected chi connectivity index (χ2v) is 10.9. The second kappa shape index (κ2) is 7.67. The summed E-state index contributed by atoms with van der Waals surface area (Å²) in [5, 5.41) is 0. The molecule has 3 heterocycles. The van der Waals surface area contributed by atoms with Gasteiger partial charge in [0, 0.05) is 26.1 Å². The van der Waals surface area contributed by atoms with Crippen LogP contribution in [0.2, 0.25) is 0 Å². The SMILES string of the molecule is COc1ccccc1CCC(=O)N1CC2(C1)C(CN1CCCC1)CCS2(=O)=O. The maximum atomic E-state index is 12.8. The first-order valence-electron chi connectivity index (χ1n) is 10.3. The number of sulfone groups is 1. The van der Waals surface area contributed by atoms with Crippen LogP contribution in [0.5, 0.6) is 5.75 Å². The maximum absolute atomic E-state index is 12.8. The molecule has 3 aliphatic rings. The molecule has 3 saturated heterocycles. The topological polar surface area (TPSA) is 66.9 Å². The van der Waals surface area contributed by atoms with Gasteiger partial charge in [-0.2, -0.15) is 0 Å². The standard InChI is InChI=1S/C21H30N2O4S/c1-27-19-7-3-2-6-17(19)8-9-20(24)23-15-21(16-23)18(10-13-28(21,25)26)14-22-11-4-5-12-22/h2-3,6-7,18H,4-5,8-16H2,1H3. The van der Waals surface area contributed by atoms with Crippen LogP contribution in [0.25, 0.3) is 0 Å². The summed E-state index contributed by atoms with van der Waals surface area (Å²) in [5.41, 5.74) is 1.01. The van der Waals surface area contributed by atoms with E-state index in [0.29, 0.717) is 25.9 Å². The van der Waals surface area contributed by atoms with E-state index in [4.69, 9.17) is 4.74 Å². The Hall–Kier alpha value is -1.60. The molecule has 0 radical (unpaired) electrons. The Morgan fingerprint density at radius 3 is 2.64 bits per heavy atom. The molecule has 28 heavy (non-hydrogen) atoms. The Labute approximate surface area is 167 Å². The molecule has 3 aliphatic heterocycles. The molecule has 1 atom stereocenters. The van der Waals surface area contributed by atoms with Crippen molar-refractivity contribution in [3.05, 3.63) is 29.8 Å². The summed E-state index contributed by atoms with van der Waals surface area (Å²) in [6.07, 6.45) is 4.14. The second-order valence-electron chi connectivity index (χ2n) is 8.44. The van der Waals surface area contributed by atoms with Crippen molar-refractivity contribution >= 4 is 15.7 Å². The Bertz CT molecular complexity index is 827. The van der Waals surface area contributed by atoms with Gasteiger partial charge >= 0.3 is 0 Å². The van der Waals surface area contributed by atoms with Crippen LogP contribution in [-0.2, 0) is 21.1 Å². The summed E-state index contributed by atoms with van der Waals surface area (Å²) in [4.78, 5) is 16.8. The predicted octanol–water partition coefficient (Wildman–Crippen LogP) is 1.74. The van der Waals surface area contributed by atoms with Crippen LogP contribution in [-0.4, -0.2) is 74.5 Å². The highest BCUT2D eigenvalue weighted by Gasteiger charge is 2.62. The Morgan fingerprint density at radius 1 is 1.21 bits per heavy atom. The van der Waals surface area contributed by atoms with Crippen molar-refractivity contribution in [2.45, 2.75) is 36.9 Å². The van der Waals surface area contributed by atoms with Gasteiger partial charge in [0.2, 0.25) is 5.91 Å². The van der Waals surface area contributed by atoms with Crippen molar-refractivity contribution in [1.82, 2.24) is 9.80 Å². The van der Waals surface area contributed by atoms with E-state index in [1.807, 2.05) is 24.3 Å². The minimum atomic E-state index is -3.13. The Morgan fingerprint density at radius 2 is 1.93 bits per heavy atom. The van der Waals surface area contributed by atoms with Crippen LogP contribution in [0.3, 0.4) is 0 Å². The number of nitrogens with zero attached hydrogens (tertiary/aromatic N) is 2. The maximum Gasteiger partial charge on any atom is 0.223 e. The van der Waals surface area contributed by atoms with E-state index in [0.717, 1.165) is 37.4 Å². The molecule has 4 rings (SSSR count). The highest BCUT2D eigenvalue weighted by atomic mass is 32.2. The average molecular weight is 407 g/mol. The molecule has 0 saturated carbocycles. The molecule has 0 aromatic heterocycles. The minimum Gasteiger partial charge on any atom is -0.496 e. The number of carbonyl (C=O) groups excluding carboxylic acids is 1. The predicted molar refractivity (Wildman–Crippen MR) is 108 cm³/mol. The van der Waals surface area contributed by atoms with Gasteiger partial charge in [0.25, 0.3) is 0 Å². The number of likely N-dealkylation sites (tertiary alicyclic amines) is 2. The van der Waals surface area contributed by atoms with Gasteiger partial charge in [0.15, 0.2) is 9.84 Å². The molecule has 1 aromatic carbocycles. The summed E-state index contributed by atoms with van der Waals surface area (Å²) >= 11 is 0. The number of ether oxygens (including phenoxy) is 1. The number of amides is 1. The molecule has 0 N–H and O–H groups in total. The lowest BCUT2D eigenvalue weighted by atomic mass is 9.82. The highest BCUT2D eigenvalue weighted by Crippen LogP contribution is 2.45. The number of carbonyl (C=O) groups is 1. The van der Waals surface area contributed by atoms with Gasteiger partial charge in [-0.05, 0) is 56.3 Å². The molecular weight excluding hydrogens is 376 g/mol. The largest absolute Gasteiger partial charge is 0.496 e. The summed E-state index contributed by atoms with van der Waals surface area (Å²) in [7, 11) is -1.50. The molecule has 1 aromatic rings. The molecule has 154 valence electrons. The van der Waals surface area contributed by atoms with Crippen molar-refractivity contribution < 1.29 is 17.9 Å². The smallest absolute Gasteiger partial charge is 0.223 e. The number of hydrogen-bond donors (Lipinski definition) is 0. The van der Waals surface area contributed by atoms with Crippen molar-refractivity contribution in [2.24, 2.45) is 5.92 Å². The molecule has 0 bridgehead atoms. The van der Waals surface area contributed by atoms with E-state index in [1.165, 1.54) is 12.8 Å². The molecule has 1 amide bonds. The van der Waals surface area contributed by atoms with Crippen molar-refractivity contribution in [1.29, 1.82) is 0 Å². The van der Waals surface area contributed by atoms with Gasteiger partial charge in [-0.25, -0.2) is 8.42 Å². The molecular formula is C21H30N2O4S. The van der Waals surface area contributed by atoms with Gasteiger partial charge in [0.1, 0.15) is 10.5 Å². The van der Waals surface area contributed by atoms with Gasteiger partial charge in [-0.15, -0.1) is 0 Å². The first kappa shape index (κ1) is 19.7. The molecule has 7 heteroatoms. The molecule has 1 spiro atoms. The fraction of sp³-hybridized carbons (Fsp3) is 0.667. The molecule has 1 unspecified atom stereocenters. The lowest BCUT2D eigenvalue weighted by Crippen LogP contribution is -2.69. The van der Waals surface area contributed by atoms with E-state index in [2.05, 4.69) is 4.90 Å². The minimum absolute atomic E-state index is 0.0403. The van der Waals surface area contributed by atoms with Crippen molar-refractivity contribution in [2.75, 3.05) is 45.6 Å². The zero-order valence-corrected chi connectivity index (χ0v) is 17.4. The fourth-order valence-corrected chi connectivity index (χ4v) is 7.50. The number of hydrogen-bond acceptors (Lipinski definition) is 5. The summed E-state index contributed by atoms with van der Waals surface area (Å²) in [6, 6.07) is 7.72. The van der Waals surface area contributed by atoms with Crippen molar-refractivity contribution in [3.63, 3.8) is 0 Å². The fourth-order valence-electron chi connectivity index (χ4n) is 5.09. The van der Waals surface area contributed by atoms with Crippen molar-refractivity contribution in [3.8, 4) is 5.75 Å². The van der Waals surface area contributed by atoms with E-state index >= 15 is 0 Å². The lowest BCUT2D eigenvalue weighted by Gasteiger charge is -2.50. The van der Waals surface area contributed by atoms with E-state index < -0.39 is 14.6 Å². The van der Waals surface area contributed by atoms with Gasteiger partial charge in [-0.1, -0.05) is 18.2 Å². The zero-order chi connectivity index (χ0) is 19.8. The molecule has 0 aliphatic carbocycles. The molecule has 3 fully saturated rings. The first-order chi connectivity index (χ1) is 13.4. The average Bonchev–Trinajstić information content (AvgIpc) is 3.25. The monoisotopic (exact) mass is 406 g/mol. The molecule has 6 nitrogen and oxygen atoms in total. The van der Waals surface area contributed by atoms with Crippen LogP contribution < -0.4 is 4.74 Å². The summed E-state index contributed by atoms with van der Waals surface area (Å²) in [6.45, 7) is 3.77. The normalized spacial score (nSPS) is 25.8. The van der Waals surface area contributed by atoms with E-state index in [1.54, 1.807) is 12.0 Å². The van der Waals surface area contributed by atoms with E-state index in [-0.39, 0.29) is 17.6 Å². The number of para-hydroxylation sites is 1. The van der Waals surface area contributed by atoms with Gasteiger partial charge in [-0.3, -0.25) is 4.79 Å². The number of benzene rings is 1. The third-order valence-electron chi connectivity index (χ3n) is 6.85. The number of rotatable bonds is 6. The quantitative estimate of drug-likeness (QED) is 0.720. The third kappa shape index (κ3) is 3.43. The Kier molecular flexibility index (Phi) is 5.40. The van der Waals surface area contributed by atoms with Gasteiger partial charge in [0.05, 0.1) is 12.9 Å². The van der Waals surface area contributed by atoms with Crippen LogP contribution >= 0.6 is 0 Å². The highest BCUT2D eigenvalue weighted by molar-refractivity contribution is 7.93. The summed E-state index contributed by atoms with van der Waals surface area (Å²) < 4.78 is 30.3.